The molecule has 0 aliphatic heterocycles. The maximum Gasteiger partial charge on any atom is 0.107 e. The average Bonchev–Trinajstić information content (AvgIpc) is 1.80. The second-order valence-corrected chi connectivity index (χ2v) is 4.75. The van der Waals surface area contributed by atoms with Gasteiger partial charge in [-0.2, -0.15) is 0 Å². The van der Waals surface area contributed by atoms with Gasteiger partial charge in [0.05, 0.1) is 0 Å². The zero-order valence-electron chi connectivity index (χ0n) is 6.15. The van der Waals surface area contributed by atoms with Gasteiger partial charge in [-0.05, 0) is 14.1 Å². The predicted octanol–water partition coefficient (Wildman–Crippen LogP) is -0.582. The Kier molecular flexibility index (Phi) is 6.86. The predicted molar refractivity (Wildman–Crippen MR) is 45.8 cm³/mol. The minimum Gasteiger partial charge on any atom is -0.340 e. The molecule has 1 N–H and O–H groups in total. The monoisotopic (exact) mass is 166 g/mol. The third kappa shape index (κ3) is 8.43. The number of halogens is 1. The standard InChI is InChI=1S/C5H15ClN2Si/c1-8(2)4-3-7-9-5-6/h7H,3-5,9H2,1-2H3. The van der Waals surface area contributed by atoms with Gasteiger partial charge in [-0.3, -0.25) is 0 Å². The Morgan fingerprint density at radius 1 is 1.56 bits per heavy atom. The summed E-state index contributed by atoms with van der Waals surface area (Å²) in [5.41, 5.74) is 0.841. The molecule has 0 spiro atoms. The van der Waals surface area contributed by atoms with E-state index < -0.39 is 0 Å². The smallest absolute Gasteiger partial charge is 0.107 e. The Morgan fingerprint density at radius 2 is 2.22 bits per heavy atom. The van der Waals surface area contributed by atoms with E-state index in [4.69, 9.17) is 11.6 Å². The van der Waals surface area contributed by atoms with Crippen LogP contribution in [-0.2, 0) is 0 Å². The van der Waals surface area contributed by atoms with E-state index in [-0.39, 0.29) is 9.68 Å². The van der Waals surface area contributed by atoms with E-state index in [1.807, 2.05) is 0 Å². The number of hydrogen-bond acceptors (Lipinski definition) is 2. The first-order valence-corrected chi connectivity index (χ1v) is 5.43. The molecule has 0 saturated heterocycles. The van der Waals surface area contributed by atoms with Gasteiger partial charge >= 0.3 is 0 Å². The Balaban J connectivity index is 2.75. The quantitative estimate of drug-likeness (QED) is 0.334. The Labute approximate surface area is 64.5 Å². The molecule has 0 aliphatic carbocycles. The maximum absolute atomic E-state index is 5.50. The zero-order valence-corrected chi connectivity index (χ0v) is 8.32. The molecule has 4 heteroatoms. The molecule has 0 aliphatic rings. The van der Waals surface area contributed by atoms with Crippen LogP contribution in [0.3, 0.4) is 0 Å². The molecule has 0 fully saturated rings. The van der Waals surface area contributed by atoms with Crippen LogP contribution in [0.2, 0.25) is 0 Å². The minimum absolute atomic E-state index is 0.133. The van der Waals surface area contributed by atoms with Crippen LogP contribution in [0.4, 0.5) is 0 Å². The van der Waals surface area contributed by atoms with E-state index in [0.29, 0.717) is 0 Å². The van der Waals surface area contributed by atoms with Gasteiger partial charge < -0.3 is 9.88 Å². The average molecular weight is 167 g/mol. The molecule has 0 rings (SSSR count). The molecule has 56 valence electrons. The van der Waals surface area contributed by atoms with Gasteiger partial charge in [0.25, 0.3) is 0 Å². The van der Waals surface area contributed by atoms with E-state index in [2.05, 4.69) is 24.0 Å². The highest BCUT2D eigenvalue weighted by atomic mass is 35.5. The number of nitrogens with one attached hydrogen (secondary N) is 1. The zero-order chi connectivity index (χ0) is 7.11. The van der Waals surface area contributed by atoms with Crippen molar-refractivity contribution < 1.29 is 0 Å². The lowest BCUT2D eigenvalue weighted by atomic mass is 10.6. The normalized spacial score (nSPS) is 12.0. The molecule has 0 aromatic rings. The number of likely N-dealkylation sites (N-methyl/N-ethyl adjacent to an activating group) is 1. The summed E-state index contributed by atoms with van der Waals surface area (Å²) in [6.07, 6.45) is 0. The van der Waals surface area contributed by atoms with Crippen LogP contribution in [0.15, 0.2) is 0 Å². The van der Waals surface area contributed by atoms with Crippen LogP contribution < -0.4 is 4.98 Å². The second kappa shape index (κ2) is 6.55. The summed E-state index contributed by atoms with van der Waals surface area (Å²) in [5.74, 6) is 0. The fraction of sp³-hybridized carbons (Fsp3) is 1.00. The van der Waals surface area contributed by atoms with Crippen molar-refractivity contribution in [2.24, 2.45) is 0 Å². The molecule has 0 aromatic heterocycles. The molecule has 2 nitrogen and oxygen atoms in total. The fourth-order valence-corrected chi connectivity index (χ4v) is 1.44. The topological polar surface area (TPSA) is 15.3 Å². The lowest BCUT2D eigenvalue weighted by Crippen LogP contribution is -2.29. The van der Waals surface area contributed by atoms with Crippen LogP contribution in [0.25, 0.3) is 0 Å². The van der Waals surface area contributed by atoms with Gasteiger partial charge in [-0.1, -0.05) is 0 Å². The summed E-state index contributed by atoms with van der Waals surface area (Å²) in [6.45, 7) is 2.20. The molecule has 0 amide bonds. The van der Waals surface area contributed by atoms with Gasteiger partial charge in [-0.15, -0.1) is 11.6 Å². The summed E-state index contributed by atoms with van der Waals surface area (Å²) < 4.78 is 0. The minimum atomic E-state index is -0.133. The van der Waals surface area contributed by atoms with Crippen LogP contribution in [0.5, 0.6) is 0 Å². The molecule has 0 saturated carbocycles. The van der Waals surface area contributed by atoms with E-state index in [9.17, 15) is 0 Å². The van der Waals surface area contributed by atoms with Crippen molar-refractivity contribution in [2.75, 3.05) is 32.7 Å². The van der Waals surface area contributed by atoms with Crippen molar-refractivity contribution in [3.63, 3.8) is 0 Å². The molecule has 9 heavy (non-hydrogen) atoms. The lowest BCUT2D eigenvalue weighted by Gasteiger charge is -2.08. The number of hydrogen-bond donors (Lipinski definition) is 1. The Morgan fingerprint density at radius 3 is 2.67 bits per heavy atom. The number of rotatable bonds is 5. The molecular formula is C5H15ClN2Si. The number of nitrogens with zero attached hydrogens (tertiary/aromatic N) is 1. The first-order chi connectivity index (χ1) is 4.27. The highest BCUT2D eigenvalue weighted by Crippen LogP contribution is 1.70. The maximum atomic E-state index is 5.50. The molecule has 0 unspecified atom stereocenters. The molecule has 0 bridgehead atoms. The van der Waals surface area contributed by atoms with Crippen molar-refractivity contribution in [1.82, 2.24) is 9.88 Å². The first-order valence-electron chi connectivity index (χ1n) is 3.19. The lowest BCUT2D eigenvalue weighted by molar-refractivity contribution is 0.414. The molecule has 0 aromatic carbocycles. The van der Waals surface area contributed by atoms with Crippen molar-refractivity contribution in [2.45, 2.75) is 0 Å². The first kappa shape index (κ1) is 9.43. The summed E-state index contributed by atoms with van der Waals surface area (Å²) in [5, 5.41) is 0. The Bertz CT molecular complexity index is 60.9. The summed E-state index contributed by atoms with van der Waals surface area (Å²) in [6, 6.07) is 0. The largest absolute Gasteiger partial charge is 0.340 e. The van der Waals surface area contributed by atoms with Gasteiger partial charge in [0.15, 0.2) is 0 Å². The Hall–Kier alpha value is 0.427. The van der Waals surface area contributed by atoms with Crippen LogP contribution >= 0.6 is 11.6 Å². The van der Waals surface area contributed by atoms with E-state index >= 15 is 0 Å². The van der Waals surface area contributed by atoms with Gasteiger partial charge in [-0.25, -0.2) is 0 Å². The van der Waals surface area contributed by atoms with E-state index in [1.54, 1.807) is 0 Å². The van der Waals surface area contributed by atoms with Crippen molar-refractivity contribution >= 4 is 21.3 Å². The SMILES string of the molecule is CN(C)CCN[SiH2]CCl. The highest BCUT2D eigenvalue weighted by Gasteiger charge is 1.87. The van der Waals surface area contributed by atoms with Crippen LogP contribution in [-0.4, -0.2) is 47.3 Å². The number of alkyl halides is 1. The van der Waals surface area contributed by atoms with Gasteiger partial charge in [0.2, 0.25) is 0 Å². The molecular weight excluding hydrogens is 152 g/mol. The van der Waals surface area contributed by atoms with Crippen molar-refractivity contribution in [3.05, 3.63) is 0 Å². The highest BCUT2D eigenvalue weighted by molar-refractivity contribution is 6.48. The van der Waals surface area contributed by atoms with Crippen LogP contribution in [0.1, 0.15) is 0 Å². The van der Waals surface area contributed by atoms with Gasteiger partial charge in [0.1, 0.15) is 9.68 Å². The third-order valence-corrected chi connectivity index (χ3v) is 2.47. The van der Waals surface area contributed by atoms with Gasteiger partial charge in [0, 0.05) is 18.6 Å². The summed E-state index contributed by atoms with van der Waals surface area (Å²) in [7, 11) is 4.01. The van der Waals surface area contributed by atoms with Crippen LogP contribution in [0, 0.1) is 0 Å². The van der Waals surface area contributed by atoms with Crippen molar-refractivity contribution in [3.8, 4) is 0 Å². The van der Waals surface area contributed by atoms with E-state index in [1.165, 1.54) is 0 Å². The summed E-state index contributed by atoms with van der Waals surface area (Å²) >= 11 is 5.50. The molecule has 0 heterocycles. The molecule has 0 atom stereocenters. The van der Waals surface area contributed by atoms with E-state index in [0.717, 1.165) is 18.6 Å². The second-order valence-electron chi connectivity index (χ2n) is 2.24. The third-order valence-electron chi connectivity index (χ3n) is 1.01. The van der Waals surface area contributed by atoms with Crippen molar-refractivity contribution in [1.29, 1.82) is 0 Å². The molecule has 0 radical (unpaired) electrons. The fourth-order valence-electron chi connectivity index (χ4n) is 0.494. The summed E-state index contributed by atoms with van der Waals surface area (Å²) in [4.78, 5) is 5.49.